The van der Waals surface area contributed by atoms with Crippen LogP contribution in [-0.2, 0) is 19.1 Å². The van der Waals surface area contributed by atoms with E-state index in [0.29, 0.717) is 11.4 Å². The van der Waals surface area contributed by atoms with Crippen molar-refractivity contribution in [3.63, 3.8) is 0 Å². The van der Waals surface area contributed by atoms with Crippen LogP contribution < -0.4 is 15.4 Å². The molecule has 0 unspecified atom stereocenters. The number of ether oxygens (including phenoxy) is 3. The summed E-state index contributed by atoms with van der Waals surface area (Å²) in [6, 6.07) is 6.53. The first-order valence-corrected chi connectivity index (χ1v) is 7.76. The highest BCUT2D eigenvalue weighted by atomic mass is 16.6. The second-order valence-electron chi connectivity index (χ2n) is 6.12. The maximum atomic E-state index is 11.8. The molecular formula is C17H24N2O6. The summed E-state index contributed by atoms with van der Waals surface area (Å²) < 4.78 is 14.7. The van der Waals surface area contributed by atoms with Gasteiger partial charge in [0, 0.05) is 18.7 Å². The third-order valence-electron chi connectivity index (χ3n) is 2.74. The molecule has 2 amide bonds. The Morgan fingerprint density at radius 2 is 1.72 bits per heavy atom. The van der Waals surface area contributed by atoms with Gasteiger partial charge in [-0.05, 0) is 45.0 Å². The normalized spacial score (nSPS) is 10.6. The molecule has 1 aromatic carbocycles. The van der Waals surface area contributed by atoms with Crippen LogP contribution in [0.2, 0.25) is 0 Å². The summed E-state index contributed by atoms with van der Waals surface area (Å²) in [5.41, 5.74) is -0.00278. The lowest BCUT2D eigenvalue weighted by molar-refractivity contribution is -0.142. The van der Waals surface area contributed by atoms with Gasteiger partial charge in [-0.25, -0.2) is 9.59 Å². The van der Waals surface area contributed by atoms with E-state index in [1.54, 1.807) is 45.0 Å². The predicted molar refractivity (Wildman–Crippen MR) is 91.4 cm³/mol. The van der Waals surface area contributed by atoms with Crippen molar-refractivity contribution in [1.29, 1.82) is 0 Å². The molecule has 25 heavy (non-hydrogen) atoms. The third kappa shape index (κ3) is 9.19. The van der Waals surface area contributed by atoms with Gasteiger partial charge in [-0.15, -0.1) is 0 Å². The Kier molecular flexibility index (Phi) is 7.71. The van der Waals surface area contributed by atoms with Gasteiger partial charge in [0.05, 0.1) is 7.11 Å². The smallest absolute Gasteiger partial charge is 0.407 e. The highest BCUT2D eigenvalue weighted by Gasteiger charge is 2.15. The lowest BCUT2D eigenvalue weighted by Crippen LogP contribution is -2.34. The summed E-state index contributed by atoms with van der Waals surface area (Å²) in [5.74, 6) is -0.246. The maximum absolute atomic E-state index is 11.8. The van der Waals surface area contributed by atoms with E-state index >= 15 is 0 Å². The summed E-state index contributed by atoms with van der Waals surface area (Å²) >= 11 is 0. The quantitative estimate of drug-likeness (QED) is 0.729. The molecule has 1 rings (SSSR count). The number of anilines is 1. The van der Waals surface area contributed by atoms with Crippen molar-refractivity contribution in [2.24, 2.45) is 0 Å². The summed E-state index contributed by atoms with van der Waals surface area (Å²) in [5, 5.41) is 5.20. The number of carbonyl (C=O) groups is 3. The average molecular weight is 352 g/mol. The third-order valence-corrected chi connectivity index (χ3v) is 2.74. The number of methoxy groups -OCH3 is 1. The van der Waals surface area contributed by atoms with Crippen molar-refractivity contribution in [2.75, 3.05) is 25.6 Å². The van der Waals surface area contributed by atoms with E-state index in [-0.39, 0.29) is 25.5 Å². The van der Waals surface area contributed by atoms with Gasteiger partial charge in [-0.3, -0.25) is 4.79 Å². The minimum atomic E-state index is -0.579. The molecule has 0 aromatic heterocycles. The topological polar surface area (TPSA) is 103 Å². The van der Waals surface area contributed by atoms with Crippen LogP contribution in [0.4, 0.5) is 10.5 Å². The molecule has 0 aliphatic heterocycles. The Hall–Kier alpha value is -2.77. The number of benzene rings is 1. The molecule has 1 aromatic rings. The van der Waals surface area contributed by atoms with Gasteiger partial charge in [0.2, 0.25) is 5.91 Å². The zero-order valence-electron chi connectivity index (χ0n) is 14.9. The monoisotopic (exact) mass is 352 g/mol. The molecule has 0 bridgehead atoms. The lowest BCUT2D eigenvalue weighted by atomic mass is 10.2. The van der Waals surface area contributed by atoms with Crippen LogP contribution in [0.15, 0.2) is 24.3 Å². The summed E-state index contributed by atoms with van der Waals surface area (Å²) in [7, 11) is 1.28. The molecule has 0 fully saturated rings. The van der Waals surface area contributed by atoms with Crippen LogP contribution in [-0.4, -0.2) is 43.8 Å². The van der Waals surface area contributed by atoms with Crippen molar-refractivity contribution < 1.29 is 28.6 Å². The van der Waals surface area contributed by atoms with Crippen LogP contribution in [0.1, 0.15) is 27.2 Å². The second-order valence-corrected chi connectivity index (χ2v) is 6.12. The van der Waals surface area contributed by atoms with Crippen LogP contribution >= 0.6 is 0 Å². The van der Waals surface area contributed by atoms with Crippen molar-refractivity contribution >= 4 is 23.7 Å². The Labute approximate surface area is 146 Å². The van der Waals surface area contributed by atoms with Gasteiger partial charge in [0.1, 0.15) is 11.4 Å². The molecule has 2 N–H and O–H groups in total. The van der Waals surface area contributed by atoms with Crippen molar-refractivity contribution in [1.82, 2.24) is 5.32 Å². The Bertz CT molecular complexity index is 592. The molecule has 0 aliphatic carbocycles. The van der Waals surface area contributed by atoms with Crippen LogP contribution in [0.5, 0.6) is 5.75 Å². The van der Waals surface area contributed by atoms with Crippen molar-refractivity contribution in [2.45, 2.75) is 32.8 Å². The number of alkyl carbamates (subject to hydrolysis) is 1. The van der Waals surface area contributed by atoms with E-state index in [4.69, 9.17) is 9.47 Å². The molecule has 8 heteroatoms. The van der Waals surface area contributed by atoms with E-state index < -0.39 is 17.7 Å². The SMILES string of the molecule is COC(=O)COc1ccc(NC(=O)CCNC(=O)OC(C)(C)C)cc1. The lowest BCUT2D eigenvalue weighted by Gasteiger charge is -2.19. The summed E-state index contributed by atoms with van der Waals surface area (Å²) in [4.78, 5) is 34.3. The van der Waals surface area contributed by atoms with Crippen LogP contribution in [0.25, 0.3) is 0 Å². The highest BCUT2D eigenvalue weighted by Crippen LogP contribution is 2.15. The molecule has 0 atom stereocenters. The summed E-state index contributed by atoms with van der Waals surface area (Å²) in [6.45, 7) is 5.27. The van der Waals surface area contributed by atoms with E-state index in [1.807, 2.05) is 0 Å². The predicted octanol–water partition coefficient (Wildman–Crippen LogP) is 2.09. The zero-order valence-corrected chi connectivity index (χ0v) is 14.9. The van der Waals surface area contributed by atoms with Gasteiger partial charge >= 0.3 is 12.1 Å². The van der Waals surface area contributed by atoms with Crippen LogP contribution in [0, 0.1) is 0 Å². The van der Waals surface area contributed by atoms with E-state index in [2.05, 4.69) is 15.4 Å². The number of hydrogen-bond acceptors (Lipinski definition) is 6. The van der Waals surface area contributed by atoms with E-state index in [1.165, 1.54) is 7.11 Å². The zero-order chi connectivity index (χ0) is 18.9. The van der Waals surface area contributed by atoms with Gasteiger partial charge in [0.15, 0.2) is 6.61 Å². The molecular weight excluding hydrogens is 328 g/mol. The Morgan fingerprint density at radius 3 is 2.28 bits per heavy atom. The van der Waals surface area contributed by atoms with Gasteiger partial charge in [-0.2, -0.15) is 0 Å². The fraction of sp³-hybridized carbons (Fsp3) is 0.471. The molecule has 0 saturated carbocycles. The second kappa shape index (κ2) is 9.51. The van der Waals surface area contributed by atoms with E-state index in [0.717, 1.165) is 0 Å². The number of amides is 2. The summed E-state index contributed by atoms with van der Waals surface area (Å²) in [6.07, 6.45) is -0.452. The first-order valence-electron chi connectivity index (χ1n) is 7.76. The number of nitrogens with one attached hydrogen (secondary N) is 2. The fourth-order valence-corrected chi connectivity index (χ4v) is 1.65. The number of esters is 1. The average Bonchev–Trinajstić information content (AvgIpc) is 2.52. The molecule has 0 spiro atoms. The first kappa shape index (κ1) is 20.3. The molecule has 8 nitrogen and oxygen atoms in total. The number of rotatable bonds is 7. The maximum Gasteiger partial charge on any atom is 0.407 e. The highest BCUT2D eigenvalue weighted by molar-refractivity contribution is 5.91. The largest absolute Gasteiger partial charge is 0.482 e. The number of hydrogen-bond donors (Lipinski definition) is 2. The molecule has 0 aliphatic rings. The fourth-order valence-electron chi connectivity index (χ4n) is 1.65. The first-order chi connectivity index (χ1) is 11.7. The molecule has 0 radical (unpaired) electrons. The van der Waals surface area contributed by atoms with Crippen LogP contribution in [0.3, 0.4) is 0 Å². The number of carbonyl (C=O) groups excluding carboxylic acids is 3. The van der Waals surface area contributed by atoms with Gasteiger partial charge in [-0.1, -0.05) is 0 Å². The van der Waals surface area contributed by atoms with Crippen molar-refractivity contribution in [3.05, 3.63) is 24.3 Å². The van der Waals surface area contributed by atoms with Crippen molar-refractivity contribution in [3.8, 4) is 5.75 Å². The molecule has 0 heterocycles. The van der Waals surface area contributed by atoms with Gasteiger partial charge < -0.3 is 24.8 Å². The Balaban J connectivity index is 2.32. The molecule has 138 valence electrons. The minimum absolute atomic E-state index is 0.111. The van der Waals surface area contributed by atoms with E-state index in [9.17, 15) is 14.4 Å². The van der Waals surface area contributed by atoms with Gasteiger partial charge in [0.25, 0.3) is 0 Å². The Morgan fingerprint density at radius 1 is 1.08 bits per heavy atom. The molecule has 0 saturated heterocycles. The minimum Gasteiger partial charge on any atom is -0.482 e. The standard InChI is InChI=1S/C17H24N2O6/c1-17(2,3)25-16(22)18-10-9-14(20)19-12-5-7-13(8-6-12)24-11-15(21)23-4/h5-8H,9-11H2,1-4H3,(H,18,22)(H,19,20).